The van der Waals surface area contributed by atoms with Gasteiger partial charge in [-0.3, -0.25) is 0 Å². The highest BCUT2D eigenvalue weighted by Crippen LogP contribution is 2.30. The molecule has 0 spiro atoms. The average Bonchev–Trinajstić information content (AvgIpc) is 2.27. The van der Waals surface area contributed by atoms with Crippen LogP contribution in [0.25, 0.3) is 0 Å². The van der Waals surface area contributed by atoms with Gasteiger partial charge in [-0.1, -0.05) is 33.6 Å². The Kier molecular flexibility index (Phi) is 6.41. The maximum Gasteiger partial charge on any atom is 0.00697 e. The van der Waals surface area contributed by atoms with E-state index in [4.69, 9.17) is 0 Å². The molecule has 1 rings (SSSR count). The fourth-order valence-corrected chi connectivity index (χ4v) is 2.95. The second kappa shape index (κ2) is 7.32. The van der Waals surface area contributed by atoms with Gasteiger partial charge in [0.1, 0.15) is 0 Å². The van der Waals surface area contributed by atoms with E-state index in [1.54, 1.807) is 0 Å². The lowest BCUT2D eigenvalue weighted by Gasteiger charge is -2.33. The maximum absolute atomic E-state index is 3.81. The Balaban J connectivity index is 2.16. The van der Waals surface area contributed by atoms with Crippen LogP contribution in [0.15, 0.2) is 0 Å². The maximum atomic E-state index is 3.81. The first kappa shape index (κ1) is 14.0. The summed E-state index contributed by atoms with van der Waals surface area (Å²) in [7, 11) is 0. The summed E-state index contributed by atoms with van der Waals surface area (Å²) in [5, 5.41) is 3.81. The van der Waals surface area contributed by atoms with Crippen LogP contribution in [0.5, 0.6) is 0 Å². The van der Waals surface area contributed by atoms with Crippen molar-refractivity contribution in [3.63, 3.8) is 0 Å². The molecule has 1 aliphatic carbocycles. The fourth-order valence-electron chi connectivity index (χ4n) is 2.95. The smallest absolute Gasteiger partial charge is 0.00697 e. The molecule has 1 nitrogen and oxygen atoms in total. The van der Waals surface area contributed by atoms with E-state index < -0.39 is 0 Å². The van der Waals surface area contributed by atoms with Crippen molar-refractivity contribution in [1.29, 1.82) is 0 Å². The SMILES string of the molecule is CCCCC(C)NC1CCC(C(C)C)CC1. The molecule has 1 atom stereocenters. The number of hydrogen-bond donors (Lipinski definition) is 1. The highest BCUT2D eigenvalue weighted by molar-refractivity contribution is 4.80. The average molecular weight is 225 g/mol. The molecular weight excluding hydrogens is 194 g/mol. The summed E-state index contributed by atoms with van der Waals surface area (Å²) in [6.07, 6.45) is 9.73. The van der Waals surface area contributed by atoms with E-state index >= 15 is 0 Å². The van der Waals surface area contributed by atoms with Gasteiger partial charge < -0.3 is 5.32 Å². The first-order valence-electron chi connectivity index (χ1n) is 7.39. The summed E-state index contributed by atoms with van der Waals surface area (Å²) in [6, 6.07) is 1.53. The Morgan fingerprint density at radius 3 is 2.19 bits per heavy atom. The lowest BCUT2D eigenvalue weighted by Crippen LogP contribution is -2.39. The zero-order chi connectivity index (χ0) is 12.0. The van der Waals surface area contributed by atoms with Gasteiger partial charge in [0.2, 0.25) is 0 Å². The molecule has 1 saturated carbocycles. The van der Waals surface area contributed by atoms with E-state index in [0.29, 0.717) is 0 Å². The normalized spacial score (nSPS) is 28.3. The minimum atomic E-state index is 0.723. The van der Waals surface area contributed by atoms with E-state index in [9.17, 15) is 0 Å². The van der Waals surface area contributed by atoms with Gasteiger partial charge in [-0.15, -0.1) is 0 Å². The van der Waals surface area contributed by atoms with Gasteiger partial charge in [-0.2, -0.15) is 0 Å². The number of nitrogens with one attached hydrogen (secondary N) is 1. The van der Waals surface area contributed by atoms with Gasteiger partial charge in [0.25, 0.3) is 0 Å². The van der Waals surface area contributed by atoms with Crippen molar-refractivity contribution < 1.29 is 0 Å². The van der Waals surface area contributed by atoms with Crippen LogP contribution in [0.1, 0.15) is 72.6 Å². The Bertz CT molecular complexity index is 168. The minimum Gasteiger partial charge on any atom is -0.312 e. The quantitative estimate of drug-likeness (QED) is 0.708. The Hall–Kier alpha value is -0.0400. The summed E-state index contributed by atoms with van der Waals surface area (Å²) in [4.78, 5) is 0. The van der Waals surface area contributed by atoms with Crippen LogP contribution in [-0.4, -0.2) is 12.1 Å². The highest BCUT2D eigenvalue weighted by Gasteiger charge is 2.23. The van der Waals surface area contributed by atoms with Gasteiger partial charge >= 0.3 is 0 Å². The topological polar surface area (TPSA) is 12.0 Å². The molecule has 0 aromatic rings. The van der Waals surface area contributed by atoms with Gasteiger partial charge in [0.05, 0.1) is 0 Å². The van der Waals surface area contributed by atoms with Crippen LogP contribution < -0.4 is 5.32 Å². The summed E-state index contributed by atoms with van der Waals surface area (Å²) in [6.45, 7) is 9.38. The van der Waals surface area contributed by atoms with Crippen LogP contribution >= 0.6 is 0 Å². The predicted octanol–water partition coefficient (Wildman–Crippen LogP) is 4.37. The monoisotopic (exact) mass is 225 g/mol. The molecule has 1 N–H and O–H groups in total. The van der Waals surface area contributed by atoms with Gasteiger partial charge in [0, 0.05) is 12.1 Å². The number of rotatable bonds is 6. The standard InChI is InChI=1S/C15H31N/c1-5-6-7-13(4)16-15-10-8-14(9-11-15)12(2)3/h12-16H,5-11H2,1-4H3. The summed E-state index contributed by atoms with van der Waals surface area (Å²) >= 11 is 0. The molecule has 0 amide bonds. The van der Waals surface area contributed by atoms with Crippen molar-refractivity contribution in [2.45, 2.75) is 84.7 Å². The van der Waals surface area contributed by atoms with E-state index in [1.807, 2.05) is 0 Å². The molecule has 0 saturated heterocycles. The third-order valence-electron chi connectivity index (χ3n) is 4.23. The first-order valence-corrected chi connectivity index (χ1v) is 7.39. The van der Waals surface area contributed by atoms with Crippen molar-refractivity contribution >= 4 is 0 Å². The highest BCUT2D eigenvalue weighted by atomic mass is 14.9. The molecule has 1 aliphatic rings. The van der Waals surface area contributed by atoms with Crippen LogP contribution in [0.2, 0.25) is 0 Å². The Morgan fingerprint density at radius 2 is 1.69 bits per heavy atom. The van der Waals surface area contributed by atoms with E-state index in [2.05, 4.69) is 33.0 Å². The summed E-state index contributed by atoms with van der Waals surface area (Å²) < 4.78 is 0. The number of unbranched alkanes of at least 4 members (excludes halogenated alkanes) is 1. The molecule has 0 aliphatic heterocycles. The fraction of sp³-hybridized carbons (Fsp3) is 1.00. The molecule has 1 heteroatoms. The van der Waals surface area contributed by atoms with Crippen molar-refractivity contribution in [3.05, 3.63) is 0 Å². The summed E-state index contributed by atoms with van der Waals surface area (Å²) in [5.41, 5.74) is 0. The first-order chi connectivity index (χ1) is 7.63. The van der Waals surface area contributed by atoms with Crippen LogP contribution in [0, 0.1) is 11.8 Å². The molecule has 16 heavy (non-hydrogen) atoms. The van der Waals surface area contributed by atoms with Crippen LogP contribution in [-0.2, 0) is 0 Å². The van der Waals surface area contributed by atoms with E-state index in [-0.39, 0.29) is 0 Å². The minimum absolute atomic E-state index is 0.723. The van der Waals surface area contributed by atoms with Crippen LogP contribution in [0.4, 0.5) is 0 Å². The van der Waals surface area contributed by atoms with Crippen molar-refractivity contribution in [2.24, 2.45) is 11.8 Å². The largest absolute Gasteiger partial charge is 0.312 e. The van der Waals surface area contributed by atoms with Gasteiger partial charge in [0.15, 0.2) is 0 Å². The summed E-state index contributed by atoms with van der Waals surface area (Å²) in [5.74, 6) is 1.88. The van der Waals surface area contributed by atoms with Gasteiger partial charge in [-0.25, -0.2) is 0 Å². The predicted molar refractivity (Wildman–Crippen MR) is 72.7 cm³/mol. The molecule has 1 unspecified atom stereocenters. The van der Waals surface area contributed by atoms with Crippen molar-refractivity contribution in [3.8, 4) is 0 Å². The Morgan fingerprint density at radius 1 is 1.06 bits per heavy atom. The van der Waals surface area contributed by atoms with E-state index in [1.165, 1.54) is 44.9 Å². The number of hydrogen-bond acceptors (Lipinski definition) is 1. The zero-order valence-corrected chi connectivity index (χ0v) is 11.8. The van der Waals surface area contributed by atoms with Crippen molar-refractivity contribution in [2.75, 3.05) is 0 Å². The van der Waals surface area contributed by atoms with E-state index in [0.717, 1.165) is 23.9 Å². The zero-order valence-electron chi connectivity index (χ0n) is 11.8. The van der Waals surface area contributed by atoms with Gasteiger partial charge in [-0.05, 0) is 50.9 Å². The van der Waals surface area contributed by atoms with Crippen molar-refractivity contribution in [1.82, 2.24) is 5.32 Å². The molecule has 0 aromatic heterocycles. The molecule has 0 heterocycles. The second-order valence-corrected chi connectivity index (χ2v) is 6.07. The molecule has 0 bridgehead atoms. The molecule has 1 fully saturated rings. The third-order valence-corrected chi connectivity index (χ3v) is 4.23. The molecule has 0 radical (unpaired) electrons. The Labute approximate surface area is 102 Å². The van der Waals surface area contributed by atoms with Crippen LogP contribution in [0.3, 0.4) is 0 Å². The third kappa shape index (κ3) is 4.86. The lowest BCUT2D eigenvalue weighted by atomic mass is 9.79. The second-order valence-electron chi connectivity index (χ2n) is 6.07. The lowest BCUT2D eigenvalue weighted by molar-refractivity contribution is 0.228. The molecule has 96 valence electrons. The molecule has 0 aromatic carbocycles. The molecular formula is C15H31N.